The predicted molar refractivity (Wildman–Crippen MR) is 85.4 cm³/mol. The van der Waals surface area contributed by atoms with Gasteiger partial charge in [0.25, 0.3) is 0 Å². The summed E-state index contributed by atoms with van der Waals surface area (Å²) in [6.45, 7) is 9.02. The highest BCUT2D eigenvalue weighted by molar-refractivity contribution is 9.10. The van der Waals surface area contributed by atoms with E-state index in [-0.39, 0.29) is 0 Å². The van der Waals surface area contributed by atoms with Crippen LogP contribution in [0, 0.1) is 0 Å². The summed E-state index contributed by atoms with van der Waals surface area (Å²) >= 11 is 5.31. The zero-order chi connectivity index (χ0) is 13.5. The summed E-state index contributed by atoms with van der Waals surface area (Å²) < 4.78 is 1.19. The molecule has 1 unspecified atom stereocenters. The quantitative estimate of drug-likeness (QED) is 0.714. The predicted octanol–water partition coefficient (Wildman–Crippen LogP) is 4.28. The Balaban J connectivity index is 2.11. The van der Waals surface area contributed by atoms with Crippen molar-refractivity contribution in [3.8, 4) is 0 Å². The molecule has 0 aromatic carbocycles. The van der Waals surface area contributed by atoms with E-state index in [9.17, 15) is 0 Å². The van der Waals surface area contributed by atoms with Gasteiger partial charge in [-0.1, -0.05) is 0 Å². The molecule has 0 amide bonds. The summed E-state index contributed by atoms with van der Waals surface area (Å²) in [5.41, 5.74) is 0. The highest BCUT2D eigenvalue weighted by Crippen LogP contribution is 2.25. The first-order chi connectivity index (χ1) is 8.50. The lowest BCUT2D eigenvalue weighted by Gasteiger charge is -2.21. The minimum absolute atomic E-state index is 0.462. The van der Waals surface area contributed by atoms with E-state index in [1.54, 1.807) is 0 Å². The van der Waals surface area contributed by atoms with E-state index in [0.29, 0.717) is 12.1 Å². The molecule has 1 aromatic heterocycles. The van der Waals surface area contributed by atoms with Gasteiger partial charge in [-0.3, -0.25) is 0 Å². The summed E-state index contributed by atoms with van der Waals surface area (Å²) in [6, 6.07) is 3.32. The third-order valence-electron chi connectivity index (χ3n) is 3.28. The Morgan fingerprint density at radius 3 is 2.61 bits per heavy atom. The molecule has 0 aliphatic carbocycles. The van der Waals surface area contributed by atoms with E-state index < -0.39 is 0 Å². The van der Waals surface area contributed by atoms with Gasteiger partial charge in [-0.2, -0.15) is 0 Å². The van der Waals surface area contributed by atoms with Crippen LogP contribution in [0.4, 0.5) is 0 Å². The molecule has 0 aliphatic heterocycles. The molecule has 1 aromatic rings. The number of thiophene rings is 1. The molecule has 0 saturated heterocycles. The van der Waals surface area contributed by atoms with Crippen molar-refractivity contribution in [1.29, 1.82) is 0 Å². The average Bonchev–Trinajstić information content (AvgIpc) is 2.74. The molecule has 1 N–H and O–H groups in total. The van der Waals surface area contributed by atoms with E-state index in [1.807, 2.05) is 11.3 Å². The van der Waals surface area contributed by atoms with Gasteiger partial charge in [-0.05, 0) is 75.7 Å². The van der Waals surface area contributed by atoms with Crippen molar-refractivity contribution < 1.29 is 0 Å². The second kappa shape index (κ2) is 8.31. The van der Waals surface area contributed by atoms with Gasteiger partial charge in [-0.25, -0.2) is 0 Å². The number of hydrogen-bond donors (Lipinski definition) is 1. The highest BCUT2D eigenvalue weighted by atomic mass is 79.9. The largest absolute Gasteiger partial charge is 0.309 e. The maximum absolute atomic E-state index is 3.59. The van der Waals surface area contributed by atoms with Crippen molar-refractivity contribution in [2.75, 3.05) is 20.1 Å². The summed E-state index contributed by atoms with van der Waals surface area (Å²) in [4.78, 5) is 3.81. The van der Waals surface area contributed by atoms with Crippen LogP contribution in [-0.4, -0.2) is 31.1 Å². The van der Waals surface area contributed by atoms with Gasteiger partial charge in [0.05, 0.1) is 0 Å². The number of unbranched alkanes of at least 4 members (excludes halogenated alkanes) is 1. The molecule has 0 spiro atoms. The van der Waals surface area contributed by atoms with Gasteiger partial charge >= 0.3 is 0 Å². The standard InChI is InChI=1S/C14H25BrN2S/c1-11(2)17(4)8-6-5-7-16-12(3)14-9-13(15)10-18-14/h9-12,16H,5-8H2,1-4H3. The van der Waals surface area contributed by atoms with Crippen molar-refractivity contribution in [2.45, 2.75) is 45.7 Å². The van der Waals surface area contributed by atoms with Gasteiger partial charge < -0.3 is 10.2 Å². The van der Waals surface area contributed by atoms with Crippen LogP contribution in [0.5, 0.6) is 0 Å². The fourth-order valence-corrected chi connectivity index (χ4v) is 3.20. The Morgan fingerprint density at radius 2 is 2.06 bits per heavy atom. The van der Waals surface area contributed by atoms with Crippen LogP contribution < -0.4 is 5.32 Å². The first-order valence-electron chi connectivity index (χ1n) is 6.68. The monoisotopic (exact) mass is 332 g/mol. The molecular weight excluding hydrogens is 308 g/mol. The van der Waals surface area contributed by atoms with Crippen molar-refractivity contribution in [2.24, 2.45) is 0 Å². The van der Waals surface area contributed by atoms with Crippen molar-refractivity contribution >= 4 is 27.3 Å². The number of hydrogen-bond acceptors (Lipinski definition) is 3. The summed E-state index contributed by atoms with van der Waals surface area (Å²) in [7, 11) is 2.20. The van der Waals surface area contributed by atoms with Crippen LogP contribution in [0.25, 0.3) is 0 Å². The first kappa shape index (κ1) is 16.2. The number of rotatable bonds is 8. The SMILES string of the molecule is CC(NCCCCN(C)C(C)C)c1cc(Br)cs1. The Labute approximate surface area is 124 Å². The first-order valence-corrected chi connectivity index (χ1v) is 8.35. The molecule has 1 rings (SSSR count). The second-order valence-corrected chi connectivity index (χ2v) is 6.98. The molecule has 0 saturated carbocycles. The summed E-state index contributed by atoms with van der Waals surface area (Å²) in [5, 5.41) is 5.73. The van der Waals surface area contributed by atoms with Gasteiger partial charge in [0.2, 0.25) is 0 Å². The van der Waals surface area contributed by atoms with Crippen molar-refractivity contribution in [3.05, 3.63) is 20.8 Å². The topological polar surface area (TPSA) is 15.3 Å². The van der Waals surface area contributed by atoms with Crippen LogP contribution in [0.3, 0.4) is 0 Å². The summed E-state index contributed by atoms with van der Waals surface area (Å²) in [5.74, 6) is 0. The number of halogens is 1. The Bertz CT molecular complexity index is 338. The normalized spacial score (nSPS) is 13.5. The molecule has 0 fully saturated rings. The van der Waals surface area contributed by atoms with Crippen LogP contribution in [0.15, 0.2) is 15.9 Å². The lowest BCUT2D eigenvalue weighted by atomic mass is 10.2. The fourth-order valence-electron chi connectivity index (χ4n) is 1.72. The third kappa shape index (κ3) is 5.83. The maximum atomic E-state index is 3.59. The fraction of sp³-hybridized carbons (Fsp3) is 0.714. The zero-order valence-corrected chi connectivity index (χ0v) is 14.3. The smallest absolute Gasteiger partial charge is 0.0386 e. The van der Waals surface area contributed by atoms with Crippen molar-refractivity contribution in [3.63, 3.8) is 0 Å². The van der Waals surface area contributed by atoms with Crippen LogP contribution in [-0.2, 0) is 0 Å². The van der Waals surface area contributed by atoms with Crippen LogP contribution >= 0.6 is 27.3 Å². The van der Waals surface area contributed by atoms with E-state index in [2.05, 4.69) is 65.4 Å². The van der Waals surface area contributed by atoms with E-state index in [4.69, 9.17) is 0 Å². The Hall–Kier alpha value is 0.1000. The maximum Gasteiger partial charge on any atom is 0.0386 e. The van der Waals surface area contributed by atoms with Gasteiger partial charge in [-0.15, -0.1) is 11.3 Å². The number of nitrogens with one attached hydrogen (secondary N) is 1. The van der Waals surface area contributed by atoms with Crippen molar-refractivity contribution in [1.82, 2.24) is 10.2 Å². The molecule has 1 heterocycles. The average molecular weight is 333 g/mol. The van der Waals surface area contributed by atoms with Gasteiger partial charge in [0.15, 0.2) is 0 Å². The molecule has 0 radical (unpaired) electrons. The van der Waals surface area contributed by atoms with Gasteiger partial charge in [0, 0.05) is 26.8 Å². The number of nitrogens with zero attached hydrogens (tertiary/aromatic N) is 1. The van der Waals surface area contributed by atoms with E-state index in [1.165, 1.54) is 28.7 Å². The third-order valence-corrected chi connectivity index (χ3v) is 5.16. The summed E-state index contributed by atoms with van der Waals surface area (Å²) in [6.07, 6.45) is 2.51. The minimum atomic E-state index is 0.462. The molecule has 2 nitrogen and oxygen atoms in total. The molecule has 1 atom stereocenters. The van der Waals surface area contributed by atoms with Crippen LogP contribution in [0.1, 0.15) is 44.5 Å². The lowest BCUT2D eigenvalue weighted by Crippen LogP contribution is -2.28. The zero-order valence-electron chi connectivity index (χ0n) is 11.9. The molecule has 0 bridgehead atoms. The Kier molecular flexibility index (Phi) is 7.46. The Morgan fingerprint density at radius 1 is 1.33 bits per heavy atom. The molecule has 4 heteroatoms. The van der Waals surface area contributed by atoms with E-state index >= 15 is 0 Å². The second-order valence-electron chi connectivity index (χ2n) is 5.12. The highest BCUT2D eigenvalue weighted by Gasteiger charge is 2.07. The molecule has 18 heavy (non-hydrogen) atoms. The lowest BCUT2D eigenvalue weighted by molar-refractivity contribution is 0.267. The van der Waals surface area contributed by atoms with Crippen LogP contribution in [0.2, 0.25) is 0 Å². The van der Waals surface area contributed by atoms with E-state index in [0.717, 1.165) is 6.54 Å². The van der Waals surface area contributed by atoms with Gasteiger partial charge in [0.1, 0.15) is 0 Å². The molecule has 0 aliphatic rings. The minimum Gasteiger partial charge on any atom is -0.309 e. The molecular formula is C14H25BrN2S. The molecule has 104 valence electrons.